The lowest BCUT2D eigenvalue weighted by Crippen LogP contribution is -2.30. The summed E-state index contributed by atoms with van der Waals surface area (Å²) in [6.45, 7) is 2.60. The summed E-state index contributed by atoms with van der Waals surface area (Å²) in [6, 6.07) is 4.40. The summed E-state index contributed by atoms with van der Waals surface area (Å²) in [5.74, 6) is -0.601. The maximum Gasteiger partial charge on any atom is 0.261 e. The number of unbranched alkanes of at least 4 members (excludes halogenated alkanes) is 5. The predicted molar refractivity (Wildman–Crippen MR) is 85.4 cm³/mol. The smallest absolute Gasteiger partial charge is 0.261 e. The molecule has 0 aliphatic carbocycles. The van der Waals surface area contributed by atoms with Crippen molar-refractivity contribution in [3.63, 3.8) is 0 Å². The Balaban J connectivity index is 1.97. The van der Waals surface area contributed by atoms with Crippen molar-refractivity contribution in [3.8, 4) is 0 Å². The molecule has 1 aliphatic heterocycles. The van der Waals surface area contributed by atoms with Crippen LogP contribution >= 0.6 is 11.6 Å². The van der Waals surface area contributed by atoms with E-state index in [-0.39, 0.29) is 22.9 Å². The summed E-state index contributed by atoms with van der Waals surface area (Å²) in [7, 11) is 0. The van der Waals surface area contributed by atoms with Crippen molar-refractivity contribution < 1.29 is 14.4 Å². The van der Waals surface area contributed by atoms with Gasteiger partial charge in [-0.3, -0.25) is 19.3 Å². The Hall–Kier alpha value is -1.68. The highest BCUT2D eigenvalue weighted by Crippen LogP contribution is 2.25. The van der Waals surface area contributed by atoms with Crippen LogP contribution in [0.1, 0.15) is 76.5 Å². The van der Waals surface area contributed by atoms with Gasteiger partial charge in [-0.2, -0.15) is 0 Å². The Morgan fingerprint density at radius 1 is 1.00 bits per heavy atom. The third kappa shape index (κ3) is 3.55. The van der Waals surface area contributed by atoms with Crippen LogP contribution in [-0.4, -0.2) is 28.5 Å². The standard InChI is InChI=1S/C17H20ClNO3/c1-2-3-4-5-6-7-10-19-16(21)13-9-8-12(15(18)20)11-14(13)17(19)22/h8-9,11H,2-7,10H2,1H3. The normalized spacial score (nSPS) is 13.6. The zero-order valence-corrected chi connectivity index (χ0v) is 13.5. The average molecular weight is 322 g/mol. The monoisotopic (exact) mass is 321 g/mol. The van der Waals surface area contributed by atoms with Crippen molar-refractivity contribution in [3.05, 3.63) is 34.9 Å². The maximum atomic E-state index is 12.3. The summed E-state index contributed by atoms with van der Waals surface area (Å²) in [6.07, 6.45) is 6.57. The highest BCUT2D eigenvalue weighted by molar-refractivity contribution is 6.67. The van der Waals surface area contributed by atoms with E-state index >= 15 is 0 Å². The number of nitrogens with zero attached hydrogens (tertiary/aromatic N) is 1. The molecule has 0 saturated heterocycles. The number of rotatable bonds is 8. The molecule has 0 radical (unpaired) electrons. The number of halogens is 1. The van der Waals surface area contributed by atoms with Gasteiger partial charge in [0.15, 0.2) is 0 Å². The zero-order valence-electron chi connectivity index (χ0n) is 12.7. The molecule has 1 aliphatic rings. The number of fused-ring (bicyclic) bond motifs is 1. The van der Waals surface area contributed by atoms with E-state index in [1.807, 2.05) is 0 Å². The average Bonchev–Trinajstić information content (AvgIpc) is 2.74. The van der Waals surface area contributed by atoms with Gasteiger partial charge in [-0.15, -0.1) is 0 Å². The van der Waals surface area contributed by atoms with Crippen LogP contribution in [0.4, 0.5) is 0 Å². The lowest BCUT2D eigenvalue weighted by atomic mass is 10.1. The van der Waals surface area contributed by atoms with Crippen LogP contribution in [0.3, 0.4) is 0 Å². The van der Waals surface area contributed by atoms with Gasteiger partial charge in [0.05, 0.1) is 11.1 Å². The molecule has 0 saturated carbocycles. The summed E-state index contributed by atoms with van der Waals surface area (Å²) >= 11 is 5.42. The molecule has 22 heavy (non-hydrogen) atoms. The zero-order chi connectivity index (χ0) is 16.1. The minimum Gasteiger partial charge on any atom is -0.276 e. The summed E-state index contributed by atoms with van der Waals surface area (Å²) in [5.41, 5.74) is 0.878. The van der Waals surface area contributed by atoms with E-state index in [2.05, 4.69) is 6.92 Å². The highest BCUT2D eigenvalue weighted by atomic mass is 35.5. The Labute approximate surface area is 135 Å². The fourth-order valence-electron chi connectivity index (χ4n) is 2.67. The molecule has 5 heteroatoms. The van der Waals surface area contributed by atoms with Crippen LogP contribution in [0, 0.1) is 0 Å². The quantitative estimate of drug-likeness (QED) is 0.413. The first kappa shape index (κ1) is 16.7. The number of benzene rings is 1. The molecule has 0 spiro atoms. The first-order valence-corrected chi connectivity index (χ1v) is 8.14. The molecule has 2 rings (SSSR count). The predicted octanol–water partition coefficient (Wildman–Crippen LogP) is 4.02. The van der Waals surface area contributed by atoms with Crippen molar-refractivity contribution in [1.29, 1.82) is 0 Å². The van der Waals surface area contributed by atoms with Crippen LogP contribution in [0.25, 0.3) is 0 Å². The van der Waals surface area contributed by atoms with Crippen LogP contribution in [-0.2, 0) is 0 Å². The minimum atomic E-state index is -0.627. The lowest BCUT2D eigenvalue weighted by Gasteiger charge is -2.13. The van der Waals surface area contributed by atoms with Gasteiger partial charge in [0, 0.05) is 12.1 Å². The molecule has 0 atom stereocenters. The van der Waals surface area contributed by atoms with Gasteiger partial charge in [0.1, 0.15) is 0 Å². The van der Waals surface area contributed by atoms with Crippen LogP contribution in [0.5, 0.6) is 0 Å². The Morgan fingerprint density at radius 3 is 2.32 bits per heavy atom. The Kier molecular flexibility index (Phi) is 5.72. The van der Waals surface area contributed by atoms with Gasteiger partial charge in [0.2, 0.25) is 0 Å². The highest BCUT2D eigenvalue weighted by Gasteiger charge is 2.35. The fraction of sp³-hybridized carbons (Fsp3) is 0.471. The Morgan fingerprint density at radius 2 is 1.64 bits per heavy atom. The van der Waals surface area contributed by atoms with Gasteiger partial charge in [0.25, 0.3) is 17.1 Å². The molecule has 4 nitrogen and oxygen atoms in total. The number of amides is 2. The molecule has 2 amide bonds. The molecule has 1 aromatic carbocycles. The Bertz CT molecular complexity index is 598. The van der Waals surface area contributed by atoms with Crippen molar-refractivity contribution in [1.82, 2.24) is 4.90 Å². The molecule has 1 heterocycles. The first-order valence-electron chi connectivity index (χ1n) is 7.76. The minimum absolute atomic E-state index is 0.239. The van der Waals surface area contributed by atoms with Gasteiger partial charge in [-0.1, -0.05) is 39.0 Å². The van der Waals surface area contributed by atoms with Crippen molar-refractivity contribution >= 4 is 28.7 Å². The van der Waals surface area contributed by atoms with E-state index in [0.717, 1.165) is 19.3 Å². The van der Waals surface area contributed by atoms with Crippen molar-refractivity contribution in [2.45, 2.75) is 45.4 Å². The second-order valence-electron chi connectivity index (χ2n) is 5.56. The number of hydrogen-bond donors (Lipinski definition) is 0. The number of carbonyl (C=O) groups excluding carboxylic acids is 3. The van der Waals surface area contributed by atoms with Gasteiger partial charge >= 0.3 is 0 Å². The molecule has 118 valence electrons. The van der Waals surface area contributed by atoms with Gasteiger partial charge < -0.3 is 0 Å². The summed E-state index contributed by atoms with van der Waals surface area (Å²) in [5, 5.41) is -0.627. The molecular formula is C17H20ClNO3. The molecule has 0 aromatic heterocycles. The summed E-state index contributed by atoms with van der Waals surface area (Å²) < 4.78 is 0. The van der Waals surface area contributed by atoms with Crippen LogP contribution in [0.2, 0.25) is 0 Å². The molecular weight excluding hydrogens is 302 g/mol. The van der Waals surface area contributed by atoms with E-state index in [1.54, 1.807) is 0 Å². The number of hydrogen-bond acceptors (Lipinski definition) is 3. The van der Waals surface area contributed by atoms with Crippen molar-refractivity contribution in [2.24, 2.45) is 0 Å². The molecule has 0 bridgehead atoms. The van der Waals surface area contributed by atoms with Gasteiger partial charge in [-0.25, -0.2) is 0 Å². The largest absolute Gasteiger partial charge is 0.276 e. The molecule has 0 fully saturated rings. The van der Waals surface area contributed by atoms with E-state index < -0.39 is 5.24 Å². The molecule has 1 aromatic rings. The topological polar surface area (TPSA) is 54.5 Å². The fourth-order valence-corrected chi connectivity index (χ4v) is 2.78. The van der Waals surface area contributed by atoms with E-state index in [0.29, 0.717) is 12.1 Å². The SMILES string of the molecule is CCCCCCCCN1C(=O)c2ccc(C(=O)Cl)cc2C1=O. The number of carbonyl (C=O) groups is 3. The molecule has 0 N–H and O–H groups in total. The number of imide groups is 1. The van der Waals surface area contributed by atoms with E-state index in [1.165, 1.54) is 42.4 Å². The van der Waals surface area contributed by atoms with Gasteiger partial charge in [-0.05, 0) is 36.2 Å². The van der Waals surface area contributed by atoms with Crippen molar-refractivity contribution in [2.75, 3.05) is 6.54 Å². The lowest BCUT2D eigenvalue weighted by molar-refractivity contribution is 0.0651. The first-order chi connectivity index (χ1) is 10.6. The maximum absolute atomic E-state index is 12.3. The second-order valence-corrected chi connectivity index (χ2v) is 5.91. The van der Waals surface area contributed by atoms with E-state index in [9.17, 15) is 14.4 Å². The summed E-state index contributed by atoms with van der Waals surface area (Å²) in [4.78, 5) is 37.0. The van der Waals surface area contributed by atoms with Crippen LogP contribution in [0.15, 0.2) is 18.2 Å². The van der Waals surface area contributed by atoms with E-state index in [4.69, 9.17) is 11.6 Å². The third-order valence-electron chi connectivity index (χ3n) is 3.93. The third-order valence-corrected chi connectivity index (χ3v) is 4.15. The molecule has 0 unspecified atom stereocenters. The van der Waals surface area contributed by atoms with Crippen LogP contribution < -0.4 is 0 Å². The second kappa shape index (κ2) is 7.54.